The molecule has 0 saturated carbocycles. The lowest BCUT2D eigenvalue weighted by molar-refractivity contribution is -0.122. The molecular weight excluding hydrogens is 242 g/mol. The molecule has 5 nitrogen and oxygen atoms in total. The second-order valence-electron chi connectivity index (χ2n) is 4.83. The van der Waals surface area contributed by atoms with Crippen LogP contribution in [0.5, 0.6) is 0 Å². The molecule has 0 bridgehead atoms. The monoisotopic (exact) mass is 259 g/mol. The van der Waals surface area contributed by atoms with Crippen LogP contribution in [0.4, 0.5) is 5.82 Å². The highest BCUT2D eigenvalue weighted by Crippen LogP contribution is 2.29. The fourth-order valence-corrected chi connectivity index (χ4v) is 2.76. The van der Waals surface area contributed by atoms with Gasteiger partial charge in [-0.15, -0.1) is 0 Å². The Morgan fingerprint density at radius 2 is 2.37 bits per heavy atom. The van der Waals surface area contributed by atoms with Gasteiger partial charge in [0.1, 0.15) is 18.0 Å². The first-order valence-electron chi connectivity index (χ1n) is 6.53. The molecule has 3 rings (SSSR count). The van der Waals surface area contributed by atoms with Crippen molar-refractivity contribution < 1.29 is 9.53 Å². The zero-order chi connectivity index (χ0) is 13.2. The smallest absolute Gasteiger partial charge is 0.249 e. The summed E-state index contributed by atoms with van der Waals surface area (Å²) in [5.41, 5.74) is 0. The maximum atomic E-state index is 12.6. The molecule has 2 aliphatic heterocycles. The molecule has 19 heavy (non-hydrogen) atoms. The van der Waals surface area contributed by atoms with E-state index in [9.17, 15) is 4.79 Å². The fourth-order valence-electron chi connectivity index (χ4n) is 2.76. The summed E-state index contributed by atoms with van der Waals surface area (Å²) in [7, 11) is 1.79. The van der Waals surface area contributed by atoms with Gasteiger partial charge in [0.15, 0.2) is 0 Å². The van der Waals surface area contributed by atoms with Crippen molar-refractivity contribution in [3.8, 4) is 0 Å². The van der Waals surface area contributed by atoms with E-state index in [0.717, 1.165) is 6.42 Å². The van der Waals surface area contributed by atoms with Gasteiger partial charge in [-0.25, -0.2) is 4.98 Å². The lowest BCUT2D eigenvalue weighted by Gasteiger charge is -2.26. The van der Waals surface area contributed by atoms with E-state index in [0.29, 0.717) is 12.4 Å². The van der Waals surface area contributed by atoms with Crippen LogP contribution in [-0.2, 0) is 9.53 Å². The summed E-state index contributed by atoms with van der Waals surface area (Å²) < 4.78 is 5.58. The number of ether oxygens (including phenoxy) is 1. The van der Waals surface area contributed by atoms with Crippen LogP contribution in [0, 0.1) is 5.92 Å². The number of nitrogens with one attached hydrogen (secondary N) is 1. The van der Waals surface area contributed by atoms with Crippen molar-refractivity contribution in [2.75, 3.05) is 18.5 Å². The predicted octanol–water partition coefficient (Wildman–Crippen LogP) is 0.935. The van der Waals surface area contributed by atoms with E-state index in [-0.39, 0.29) is 24.0 Å². The molecule has 0 aliphatic carbocycles. The molecule has 2 aliphatic rings. The van der Waals surface area contributed by atoms with Crippen LogP contribution in [0.25, 0.3) is 0 Å². The van der Waals surface area contributed by atoms with E-state index < -0.39 is 0 Å². The molecule has 1 N–H and O–H groups in total. The Morgan fingerprint density at radius 1 is 1.47 bits per heavy atom. The van der Waals surface area contributed by atoms with Gasteiger partial charge < -0.3 is 10.1 Å². The van der Waals surface area contributed by atoms with Crippen LogP contribution >= 0.6 is 0 Å². The number of likely N-dealkylation sites (N-methyl/N-ethyl adjacent to an activating group) is 1. The van der Waals surface area contributed by atoms with Crippen molar-refractivity contribution in [3.05, 3.63) is 36.7 Å². The molecule has 3 unspecified atom stereocenters. The first kappa shape index (κ1) is 12.2. The van der Waals surface area contributed by atoms with Gasteiger partial charge in [0.2, 0.25) is 5.91 Å². The van der Waals surface area contributed by atoms with Crippen molar-refractivity contribution in [2.45, 2.75) is 18.6 Å². The average molecular weight is 259 g/mol. The molecule has 0 aromatic carbocycles. The third-order valence-corrected chi connectivity index (χ3v) is 3.77. The van der Waals surface area contributed by atoms with Crippen molar-refractivity contribution >= 4 is 11.7 Å². The standard InChI is InChI=1S/C14H17N3O2/c1-15-12-13-10(6-9-19-13)5-8-17(14(12)18)11-4-2-3-7-16-11/h2-4,6-7,9-10,12-13,15H,5,8H2,1H3. The van der Waals surface area contributed by atoms with Crippen LogP contribution < -0.4 is 10.2 Å². The van der Waals surface area contributed by atoms with E-state index >= 15 is 0 Å². The molecule has 1 aromatic heterocycles. The summed E-state index contributed by atoms with van der Waals surface area (Å²) in [6, 6.07) is 5.28. The summed E-state index contributed by atoms with van der Waals surface area (Å²) in [6.45, 7) is 0.670. The van der Waals surface area contributed by atoms with Crippen LogP contribution in [0.15, 0.2) is 36.7 Å². The number of nitrogens with zero attached hydrogens (tertiary/aromatic N) is 2. The number of carbonyl (C=O) groups is 1. The second-order valence-corrected chi connectivity index (χ2v) is 4.83. The SMILES string of the molecule is CNC1C(=O)N(c2ccccn2)CCC2C=COC21. The van der Waals surface area contributed by atoms with Crippen molar-refractivity contribution in [2.24, 2.45) is 5.92 Å². The van der Waals surface area contributed by atoms with Gasteiger partial charge in [0.05, 0.1) is 6.26 Å². The quantitative estimate of drug-likeness (QED) is 0.858. The minimum absolute atomic E-state index is 0.0254. The minimum atomic E-state index is -0.329. The lowest BCUT2D eigenvalue weighted by Crippen LogP contribution is -2.51. The van der Waals surface area contributed by atoms with E-state index in [1.165, 1.54) is 0 Å². The molecule has 3 atom stereocenters. The molecule has 100 valence electrons. The van der Waals surface area contributed by atoms with E-state index in [4.69, 9.17) is 4.74 Å². The van der Waals surface area contributed by atoms with Crippen LogP contribution in [0.3, 0.4) is 0 Å². The lowest BCUT2D eigenvalue weighted by atomic mass is 9.96. The predicted molar refractivity (Wildman–Crippen MR) is 71.6 cm³/mol. The van der Waals surface area contributed by atoms with Gasteiger partial charge in [0, 0.05) is 18.7 Å². The van der Waals surface area contributed by atoms with Crippen LogP contribution in [0.1, 0.15) is 6.42 Å². The number of amides is 1. The molecule has 1 amide bonds. The van der Waals surface area contributed by atoms with Gasteiger partial charge in [-0.3, -0.25) is 9.69 Å². The van der Waals surface area contributed by atoms with Gasteiger partial charge in [-0.1, -0.05) is 6.07 Å². The van der Waals surface area contributed by atoms with E-state index in [1.807, 2.05) is 24.3 Å². The Kier molecular flexibility index (Phi) is 3.21. The Bertz CT molecular complexity index is 489. The summed E-state index contributed by atoms with van der Waals surface area (Å²) in [4.78, 5) is 18.7. The fraction of sp³-hybridized carbons (Fsp3) is 0.429. The van der Waals surface area contributed by atoms with Crippen LogP contribution in [-0.4, -0.2) is 36.6 Å². The van der Waals surface area contributed by atoms with Crippen LogP contribution in [0.2, 0.25) is 0 Å². The molecule has 1 aromatic rings. The minimum Gasteiger partial charge on any atom is -0.496 e. The zero-order valence-corrected chi connectivity index (χ0v) is 10.8. The molecular formula is C14H17N3O2. The third kappa shape index (κ3) is 2.10. The maximum absolute atomic E-state index is 12.6. The highest BCUT2D eigenvalue weighted by atomic mass is 16.5. The normalized spacial score (nSPS) is 29.8. The number of hydrogen-bond donors (Lipinski definition) is 1. The number of rotatable bonds is 2. The average Bonchev–Trinajstić information content (AvgIpc) is 2.85. The first-order chi connectivity index (χ1) is 9.31. The number of fused-ring (bicyclic) bond motifs is 1. The number of hydrogen-bond acceptors (Lipinski definition) is 4. The number of anilines is 1. The molecule has 1 fully saturated rings. The van der Waals surface area contributed by atoms with Crippen molar-refractivity contribution in [1.82, 2.24) is 10.3 Å². The first-order valence-corrected chi connectivity index (χ1v) is 6.53. The van der Waals surface area contributed by atoms with Gasteiger partial charge in [0.25, 0.3) is 0 Å². The van der Waals surface area contributed by atoms with E-state index in [2.05, 4.69) is 10.3 Å². The number of carbonyl (C=O) groups excluding carboxylic acids is 1. The van der Waals surface area contributed by atoms with Crippen molar-refractivity contribution in [1.29, 1.82) is 0 Å². The molecule has 3 heterocycles. The summed E-state index contributed by atoms with van der Waals surface area (Å²) in [6.07, 6.45) is 6.25. The van der Waals surface area contributed by atoms with Gasteiger partial charge in [-0.05, 0) is 31.7 Å². The Hall–Kier alpha value is -1.88. The summed E-state index contributed by atoms with van der Waals surface area (Å²) in [5.74, 6) is 1.02. The molecule has 0 spiro atoms. The molecule has 1 saturated heterocycles. The van der Waals surface area contributed by atoms with Gasteiger partial charge >= 0.3 is 0 Å². The number of pyridine rings is 1. The topological polar surface area (TPSA) is 54.5 Å². The third-order valence-electron chi connectivity index (χ3n) is 3.77. The maximum Gasteiger partial charge on any atom is 0.249 e. The van der Waals surface area contributed by atoms with Gasteiger partial charge in [-0.2, -0.15) is 0 Å². The highest BCUT2D eigenvalue weighted by molar-refractivity contribution is 5.97. The Morgan fingerprint density at radius 3 is 3.11 bits per heavy atom. The van der Waals surface area contributed by atoms with Crippen molar-refractivity contribution in [3.63, 3.8) is 0 Å². The summed E-state index contributed by atoms with van der Waals surface area (Å²) >= 11 is 0. The molecule has 5 heteroatoms. The Balaban J connectivity index is 1.91. The second kappa shape index (κ2) is 5.01. The molecule has 0 radical (unpaired) electrons. The summed E-state index contributed by atoms with van der Waals surface area (Å²) in [5, 5.41) is 3.08. The zero-order valence-electron chi connectivity index (χ0n) is 10.8. The number of aromatic nitrogens is 1. The largest absolute Gasteiger partial charge is 0.496 e. The highest BCUT2D eigenvalue weighted by Gasteiger charge is 2.41. The Labute approximate surface area is 112 Å². The van der Waals surface area contributed by atoms with E-state index in [1.54, 1.807) is 24.4 Å².